The van der Waals surface area contributed by atoms with Gasteiger partial charge >= 0.3 is 0 Å². The molecule has 0 saturated heterocycles. The summed E-state index contributed by atoms with van der Waals surface area (Å²) in [6.45, 7) is 8.89. The average Bonchev–Trinajstić information content (AvgIpc) is 2.35. The second kappa shape index (κ2) is 7.51. The standard InChI is InChI=1S/C16H28N2O/c1-11(2)8-13(4)10-15(18-17)14-9-12(3)6-7-16(14)19-5/h6-7,9,11,13,15,18H,8,10,17H2,1-5H3. The third kappa shape index (κ3) is 4.84. The molecule has 0 aliphatic carbocycles. The highest BCUT2D eigenvalue weighted by Gasteiger charge is 2.18. The first kappa shape index (κ1) is 16.0. The van der Waals surface area contributed by atoms with Gasteiger partial charge in [0.05, 0.1) is 7.11 Å². The van der Waals surface area contributed by atoms with Crippen LogP contribution in [0.5, 0.6) is 5.75 Å². The maximum Gasteiger partial charge on any atom is 0.123 e. The molecular weight excluding hydrogens is 236 g/mol. The van der Waals surface area contributed by atoms with Gasteiger partial charge in [0.25, 0.3) is 0 Å². The lowest BCUT2D eigenvalue weighted by Crippen LogP contribution is -2.30. The molecule has 3 nitrogen and oxygen atoms in total. The highest BCUT2D eigenvalue weighted by molar-refractivity contribution is 5.39. The van der Waals surface area contributed by atoms with Gasteiger partial charge in [0.15, 0.2) is 0 Å². The van der Waals surface area contributed by atoms with Crippen LogP contribution in [0.15, 0.2) is 18.2 Å². The summed E-state index contributed by atoms with van der Waals surface area (Å²) in [4.78, 5) is 0. The Kier molecular flexibility index (Phi) is 6.32. The number of hydrazine groups is 1. The fraction of sp³-hybridized carbons (Fsp3) is 0.625. The molecule has 0 radical (unpaired) electrons. The summed E-state index contributed by atoms with van der Waals surface area (Å²) in [5.74, 6) is 8.01. The summed E-state index contributed by atoms with van der Waals surface area (Å²) in [5, 5.41) is 0. The van der Waals surface area contributed by atoms with E-state index < -0.39 is 0 Å². The number of aryl methyl sites for hydroxylation is 1. The van der Waals surface area contributed by atoms with Crippen molar-refractivity contribution >= 4 is 0 Å². The van der Waals surface area contributed by atoms with Crippen LogP contribution in [0, 0.1) is 18.8 Å². The Bertz CT molecular complexity index is 390. The van der Waals surface area contributed by atoms with Crippen LogP contribution in [0.1, 0.15) is 50.8 Å². The Morgan fingerprint density at radius 1 is 1.21 bits per heavy atom. The number of hydrogen-bond donors (Lipinski definition) is 2. The molecule has 0 aromatic heterocycles. The summed E-state index contributed by atoms with van der Waals surface area (Å²) >= 11 is 0. The predicted molar refractivity (Wildman–Crippen MR) is 81.0 cm³/mol. The normalized spacial score (nSPS) is 14.5. The van der Waals surface area contributed by atoms with Gasteiger partial charge in [0.1, 0.15) is 5.75 Å². The molecule has 1 rings (SSSR count). The molecule has 1 aromatic rings. The van der Waals surface area contributed by atoms with Crippen molar-refractivity contribution < 1.29 is 4.74 Å². The lowest BCUT2D eigenvalue weighted by molar-refractivity contribution is 0.346. The number of methoxy groups -OCH3 is 1. The Balaban J connectivity index is 2.87. The number of nitrogens with two attached hydrogens (primary N) is 1. The van der Waals surface area contributed by atoms with Gasteiger partial charge in [-0.3, -0.25) is 11.3 Å². The summed E-state index contributed by atoms with van der Waals surface area (Å²) < 4.78 is 5.45. The van der Waals surface area contributed by atoms with E-state index in [1.807, 2.05) is 6.07 Å². The fourth-order valence-electron chi connectivity index (χ4n) is 2.71. The van der Waals surface area contributed by atoms with Gasteiger partial charge in [-0.05, 0) is 37.7 Å². The van der Waals surface area contributed by atoms with E-state index in [0.29, 0.717) is 11.8 Å². The van der Waals surface area contributed by atoms with Gasteiger partial charge in [-0.1, -0.05) is 38.5 Å². The lowest BCUT2D eigenvalue weighted by atomic mass is 9.89. The van der Waals surface area contributed by atoms with E-state index in [0.717, 1.165) is 17.7 Å². The highest BCUT2D eigenvalue weighted by Crippen LogP contribution is 2.31. The summed E-state index contributed by atoms with van der Waals surface area (Å²) in [7, 11) is 1.71. The number of benzene rings is 1. The average molecular weight is 264 g/mol. The molecule has 0 heterocycles. The van der Waals surface area contributed by atoms with Crippen molar-refractivity contribution in [1.29, 1.82) is 0 Å². The minimum Gasteiger partial charge on any atom is -0.496 e. The number of nitrogens with one attached hydrogen (secondary N) is 1. The zero-order valence-corrected chi connectivity index (χ0v) is 12.9. The number of hydrogen-bond acceptors (Lipinski definition) is 3. The van der Waals surface area contributed by atoms with E-state index in [1.54, 1.807) is 7.11 Å². The van der Waals surface area contributed by atoms with Crippen molar-refractivity contribution in [3.05, 3.63) is 29.3 Å². The summed E-state index contributed by atoms with van der Waals surface area (Å²) in [6.07, 6.45) is 2.24. The Morgan fingerprint density at radius 3 is 2.42 bits per heavy atom. The van der Waals surface area contributed by atoms with Crippen LogP contribution in [-0.4, -0.2) is 7.11 Å². The van der Waals surface area contributed by atoms with Gasteiger partial charge in [-0.25, -0.2) is 0 Å². The molecule has 0 fully saturated rings. The van der Waals surface area contributed by atoms with Gasteiger partial charge in [0, 0.05) is 11.6 Å². The van der Waals surface area contributed by atoms with Crippen LogP contribution >= 0.6 is 0 Å². The Morgan fingerprint density at radius 2 is 1.89 bits per heavy atom. The molecule has 0 saturated carbocycles. The molecule has 3 heteroatoms. The van der Waals surface area contributed by atoms with E-state index in [4.69, 9.17) is 10.6 Å². The molecule has 0 spiro atoms. The molecule has 1 aromatic carbocycles. The molecule has 2 atom stereocenters. The molecular formula is C16H28N2O. The highest BCUT2D eigenvalue weighted by atomic mass is 16.5. The molecule has 2 unspecified atom stereocenters. The largest absolute Gasteiger partial charge is 0.496 e. The molecule has 0 aliphatic rings. The first-order valence-electron chi connectivity index (χ1n) is 7.08. The summed E-state index contributed by atoms with van der Waals surface area (Å²) in [6, 6.07) is 6.38. The van der Waals surface area contributed by atoms with E-state index >= 15 is 0 Å². The number of ether oxygens (including phenoxy) is 1. The lowest BCUT2D eigenvalue weighted by Gasteiger charge is -2.23. The zero-order chi connectivity index (χ0) is 14.4. The van der Waals surface area contributed by atoms with Gasteiger partial charge in [-0.2, -0.15) is 0 Å². The zero-order valence-electron chi connectivity index (χ0n) is 12.9. The monoisotopic (exact) mass is 264 g/mol. The van der Waals surface area contributed by atoms with Crippen LogP contribution in [0.4, 0.5) is 0 Å². The molecule has 19 heavy (non-hydrogen) atoms. The van der Waals surface area contributed by atoms with Gasteiger partial charge in [-0.15, -0.1) is 0 Å². The molecule has 0 bridgehead atoms. The van der Waals surface area contributed by atoms with E-state index in [9.17, 15) is 0 Å². The minimum atomic E-state index is 0.142. The maximum absolute atomic E-state index is 5.75. The topological polar surface area (TPSA) is 47.3 Å². The van der Waals surface area contributed by atoms with Gasteiger partial charge < -0.3 is 4.74 Å². The Labute approximate surface area is 117 Å². The second-order valence-electron chi connectivity index (χ2n) is 5.94. The van der Waals surface area contributed by atoms with Crippen molar-refractivity contribution in [1.82, 2.24) is 5.43 Å². The van der Waals surface area contributed by atoms with E-state index in [1.165, 1.54) is 12.0 Å². The van der Waals surface area contributed by atoms with E-state index in [-0.39, 0.29) is 6.04 Å². The number of rotatable bonds is 7. The quantitative estimate of drug-likeness (QED) is 0.584. The van der Waals surface area contributed by atoms with Crippen molar-refractivity contribution in [2.24, 2.45) is 17.7 Å². The fourth-order valence-corrected chi connectivity index (χ4v) is 2.71. The van der Waals surface area contributed by atoms with Crippen molar-refractivity contribution in [2.45, 2.75) is 46.6 Å². The summed E-state index contributed by atoms with van der Waals surface area (Å²) in [5.41, 5.74) is 5.33. The van der Waals surface area contributed by atoms with Crippen LogP contribution in [0.2, 0.25) is 0 Å². The molecule has 3 N–H and O–H groups in total. The van der Waals surface area contributed by atoms with Crippen molar-refractivity contribution in [3.8, 4) is 5.75 Å². The predicted octanol–water partition coefficient (Wildman–Crippen LogP) is 3.58. The third-order valence-corrected chi connectivity index (χ3v) is 3.47. The Hall–Kier alpha value is -1.06. The third-order valence-electron chi connectivity index (χ3n) is 3.47. The van der Waals surface area contributed by atoms with Crippen LogP contribution < -0.4 is 16.0 Å². The maximum atomic E-state index is 5.75. The van der Waals surface area contributed by atoms with Crippen molar-refractivity contribution in [2.75, 3.05) is 7.11 Å². The van der Waals surface area contributed by atoms with Crippen LogP contribution in [-0.2, 0) is 0 Å². The first-order chi connectivity index (χ1) is 8.97. The van der Waals surface area contributed by atoms with Crippen molar-refractivity contribution in [3.63, 3.8) is 0 Å². The molecule has 0 amide bonds. The minimum absolute atomic E-state index is 0.142. The second-order valence-corrected chi connectivity index (χ2v) is 5.94. The molecule has 0 aliphatic heterocycles. The SMILES string of the molecule is COc1ccc(C)cc1C(CC(C)CC(C)C)NN. The van der Waals surface area contributed by atoms with Crippen LogP contribution in [0.25, 0.3) is 0 Å². The first-order valence-corrected chi connectivity index (χ1v) is 7.08. The van der Waals surface area contributed by atoms with E-state index in [2.05, 4.69) is 45.3 Å². The smallest absolute Gasteiger partial charge is 0.123 e. The van der Waals surface area contributed by atoms with Crippen LogP contribution in [0.3, 0.4) is 0 Å². The molecule has 108 valence electrons. The van der Waals surface area contributed by atoms with Gasteiger partial charge in [0.2, 0.25) is 0 Å².